The molecule has 2 heterocycles. The van der Waals surface area contributed by atoms with Crippen LogP contribution < -0.4 is 5.32 Å². The number of amides is 1. The summed E-state index contributed by atoms with van der Waals surface area (Å²) >= 11 is 0. The molecule has 6 heteroatoms. The number of carbonyl (C=O) groups excluding carboxylic acids is 1. The Morgan fingerprint density at radius 1 is 1.24 bits per heavy atom. The van der Waals surface area contributed by atoms with Crippen LogP contribution in [0.15, 0.2) is 34.7 Å². The molecule has 0 radical (unpaired) electrons. The third kappa shape index (κ3) is 4.88. The Bertz CT molecular complexity index is 895. The Balaban J connectivity index is 1.73. The molecule has 2 aromatic rings. The van der Waals surface area contributed by atoms with E-state index in [0.29, 0.717) is 12.2 Å². The summed E-state index contributed by atoms with van der Waals surface area (Å²) in [5.41, 5.74) is 2.62. The Kier molecular flexibility index (Phi) is 6.13. The minimum absolute atomic E-state index is 0.0532. The number of aryl methyl sites for hydroxylation is 1. The highest BCUT2D eigenvalue weighted by atomic mass is 16.4. The van der Waals surface area contributed by atoms with E-state index in [2.05, 4.69) is 55.3 Å². The molecule has 0 aliphatic carbocycles. The smallest absolute Gasteiger partial charge is 0.339 e. The fourth-order valence-corrected chi connectivity index (χ4v) is 3.72. The number of furan rings is 1. The lowest BCUT2D eigenvalue weighted by atomic mass is 9.85. The number of fused-ring (bicyclic) bond motifs is 1. The van der Waals surface area contributed by atoms with Gasteiger partial charge in [-0.3, -0.25) is 9.69 Å². The van der Waals surface area contributed by atoms with Gasteiger partial charge in [0.1, 0.15) is 11.3 Å². The summed E-state index contributed by atoms with van der Waals surface area (Å²) in [5.74, 6) is -1.08. The standard InChI is InChI=1S/C23H30N2O4/c1-5-18-17(22(27)28)12-19(29-18)21(26)24-20(23(2,3)4)14-25-11-10-15-8-6-7-9-16(15)13-25/h6-9,12,20H,5,10-11,13-14H2,1-4H3,(H,24,26)(H,27,28). The maximum Gasteiger partial charge on any atom is 0.339 e. The van der Waals surface area contributed by atoms with Gasteiger partial charge in [0.2, 0.25) is 0 Å². The molecule has 3 rings (SSSR count). The third-order valence-electron chi connectivity index (χ3n) is 5.59. The van der Waals surface area contributed by atoms with Gasteiger partial charge in [-0.1, -0.05) is 52.0 Å². The van der Waals surface area contributed by atoms with Crippen LogP contribution in [0.4, 0.5) is 0 Å². The van der Waals surface area contributed by atoms with Gasteiger partial charge in [-0.05, 0) is 23.0 Å². The molecule has 1 aromatic heterocycles. The van der Waals surface area contributed by atoms with Crippen LogP contribution in [0.25, 0.3) is 0 Å². The maximum absolute atomic E-state index is 12.8. The average molecular weight is 399 g/mol. The van der Waals surface area contributed by atoms with E-state index in [1.165, 1.54) is 17.2 Å². The number of aromatic carboxylic acids is 1. The lowest BCUT2D eigenvalue weighted by Gasteiger charge is -2.37. The SMILES string of the molecule is CCc1oc(C(=O)NC(CN2CCc3ccccc3C2)C(C)(C)C)cc1C(=O)O. The van der Waals surface area contributed by atoms with Crippen LogP contribution in [0.2, 0.25) is 0 Å². The zero-order valence-corrected chi connectivity index (χ0v) is 17.6. The molecule has 0 saturated carbocycles. The number of benzene rings is 1. The van der Waals surface area contributed by atoms with Gasteiger partial charge in [-0.25, -0.2) is 4.79 Å². The molecule has 1 unspecified atom stereocenters. The highest BCUT2D eigenvalue weighted by Gasteiger charge is 2.31. The first-order chi connectivity index (χ1) is 13.7. The first-order valence-electron chi connectivity index (χ1n) is 10.1. The number of carboxylic acids is 1. The van der Waals surface area contributed by atoms with Crippen molar-refractivity contribution < 1.29 is 19.1 Å². The van der Waals surface area contributed by atoms with Gasteiger partial charge >= 0.3 is 5.97 Å². The van der Waals surface area contributed by atoms with Crippen molar-refractivity contribution in [1.29, 1.82) is 0 Å². The summed E-state index contributed by atoms with van der Waals surface area (Å²) in [5, 5.41) is 12.4. The Hall–Kier alpha value is -2.60. The van der Waals surface area contributed by atoms with Gasteiger partial charge in [0.05, 0.1) is 0 Å². The molecule has 1 aromatic carbocycles. The van der Waals surface area contributed by atoms with E-state index < -0.39 is 5.97 Å². The molecule has 0 bridgehead atoms. The van der Waals surface area contributed by atoms with E-state index in [4.69, 9.17) is 4.42 Å². The van der Waals surface area contributed by atoms with E-state index in [1.54, 1.807) is 6.92 Å². The number of nitrogens with one attached hydrogen (secondary N) is 1. The summed E-state index contributed by atoms with van der Waals surface area (Å²) in [6.07, 6.45) is 1.42. The molecular weight excluding hydrogens is 368 g/mol. The summed E-state index contributed by atoms with van der Waals surface area (Å²) < 4.78 is 5.53. The van der Waals surface area contributed by atoms with E-state index in [9.17, 15) is 14.7 Å². The molecule has 29 heavy (non-hydrogen) atoms. The van der Waals surface area contributed by atoms with Crippen molar-refractivity contribution in [1.82, 2.24) is 10.2 Å². The van der Waals surface area contributed by atoms with Crippen molar-refractivity contribution in [2.24, 2.45) is 5.41 Å². The molecule has 156 valence electrons. The number of rotatable bonds is 6. The van der Waals surface area contributed by atoms with Crippen molar-refractivity contribution >= 4 is 11.9 Å². The van der Waals surface area contributed by atoms with Crippen LogP contribution in [0, 0.1) is 5.41 Å². The van der Waals surface area contributed by atoms with Gasteiger partial charge in [0.15, 0.2) is 5.76 Å². The minimum atomic E-state index is -1.08. The molecule has 6 nitrogen and oxygen atoms in total. The van der Waals surface area contributed by atoms with Crippen molar-refractivity contribution in [3.8, 4) is 0 Å². The van der Waals surface area contributed by atoms with Crippen LogP contribution in [0.3, 0.4) is 0 Å². The van der Waals surface area contributed by atoms with Crippen LogP contribution in [0.1, 0.15) is 65.5 Å². The summed E-state index contributed by atoms with van der Waals surface area (Å²) in [6, 6.07) is 9.70. The summed E-state index contributed by atoms with van der Waals surface area (Å²) in [4.78, 5) is 26.6. The first-order valence-corrected chi connectivity index (χ1v) is 10.1. The number of hydrogen-bond acceptors (Lipinski definition) is 4. The summed E-state index contributed by atoms with van der Waals surface area (Å²) in [7, 11) is 0. The van der Waals surface area contributed by atoms with Crippen molar-refractivity contribution in [2.45, 2.75) is 53.1 Å². The largest absolute Gasteiger partial charge is 0.478 e. The molecular formula is C23H30N2O4. The maximum atomic E-state index is 12.8. The minimum Gasteiger partial charge on any atom is -0.478 e. The number of carbonyl (C=O) groups is 2. The molecule has 0 fully saturated rings. The van der Waals surface area contributed by atoms with Gasteiger partial charge < -0.3 is 14.8 Å². The van der Waals surface area contributed by atoms with Gasteiger partial charge in [0, 0.05) is 38.2 Å². The van der Waals surface area contributed by atoms with E-state index in [1.807, 2.05) is 0 Å². The second-order valence-electron chi connectivity index (χ2n) is 8.75. The van der Waals surface area contributed by atoms with E-state index >= 15 is 0 Å². The average Bonchev–Trinajstić information content (AvgIpc) is 3.11. The predicted molar refractivity (Wildman–Crippen MR) is 111 cm³/mol. The van der Waals surface area contributed by atoms with Crippen LogP contribution in [-0.4, -0.2) is 41.0 Å². The Morgan fingerprint density at radius 2 is 1.93 bits per heavy atom. The summed E-state index contributed by atoms with van der Waals surface area (Å²) in [6.45, 7) is 10.6. The third-order valence-corrected chi connectivity index (χ3v) is 5.59. The van der Waals surface area contributed by atoms with Gasteiger partial charge in [0.25, 0.3) is 5.91 Å². The fraction of sp³-hybridized carbons (Fsp3) is 0.478. The molecule has 0 saturated heterocycles. The molecule has 1 aliphatic rings. The van der Waals surface area contributed by atoms with E-state index in [0.717, 1.165) is 26.1 Å². The number of carboxylic acid groups (broad SMARTS) is 1. The second-order valence-corrected chi connectivity index (χ2v) is 8.75. The van der Waals surface area contributed by atoms with Crippen molar-refractivity contribution in [3.63, 3.8) is 0 Å². The quantitative estimate of drug-likeness (QED) is 0.774. The van der Waals surface area contributed by atoms with Gasteiger partial charge in [-0.15, -0.1) is 0 Å². The van der Waals surface area contributed by atoms with Gasteiger partial charge in [-0.2, -0.15) is 0 Å². The van der Waals surface area contributed by atoms with E-state index in [-0.39, 0.29) is 28.7 Å². The van der Waals surface area contributed by atoms with Crippen molar-refractivity contribution in [3.05, 3.63) is 58.5 Å². The van der Waals surface area contributed by atoms with Crippen LogP contribution >= 0.6 is 0 Å². The fourth-order valence-electron chi connectivity index (χ4n) is 3.72. The zero-order valence-electron chi connectivity index (χ0n) is 17.6. The van der Waals surface area contributed by atoms with Crippen LogP contribution in [-0.2, 0) is 19.4 Å². The molecule has 1 amide bonds. The number of nitrogens with zero attached hydrogens (tertiary/aromatic N) is 1. The first kappa shape index (κ1) is 21.1. The zero-order chi connectivity index (χ0) is 21.2. The monoisotopic (exact) mass is 398 g/mol. The Labute approximate surface area is 171 Å². The van der Waals surface area contributed by atoms with Crippen LogP contribution in [0.5, 0.6) is 0 Å². The molecule has 0 spiro atoms. The molecule has 1 aliphatic heterocycles. The number of hydrogen-bond donors (Lipinski definition) is 2. The Morgan fingerprint density at radius 3 is 2.52 bits per heavy atom. The lowest BCUT2D eigenvalue weighted by molar-refractivity contribution is 0.0694. The predicted octanol–water partition coefficient (Wildman–Crippen LogP) is 3.74. The molecule has 2 N–H and O–H groups in total. The van der Waals surface area contributed by atoms with Crippen molar-refractivity contribution in [2.75, 3.05) is 13.1 Å². The highest BCUT2D eigenvalue weighted by molar-refractivity contribution is 5.96. The normalized spacial score (nSPS) is 15.6. The topological polar surface area (TPSA) is 82.8 Å². The molecule has 1 atom stereocenters. The second kappa shape index (κ2) is 8.41. The highest BCUT2D eigenvalue weighted by Crippen LogP contribution is 2.25. The lowest BCUT2D eigenvalue weighted by Crippen LogP contribution is -2.51.